The average Bonchev–Trinajstić information content (AvgIpc) is 2.37. The van der Waals surface area contributed by atoms with Crippen LogP contribution in [-0.4, -0.2) is 55.0 Å². The standard InChI is InChI=1S/C15H31N3O/c1-11(2)8-13(10-16)15(19)18(5)14-6-7-17(4)12(3)9-14/h11-14H,6-10,16H2,1-5H3. The summed E-state index contributed by atoms with van der Waals surface area (Å²) < 4.78 is 0. The molecule has 4 heteroatoms. The molecule has 1 rings (SSSR count). The van der Waals surface area contributed by atoms with E-state index >= 15 is 0 Å². The zero-order valence-corrected chi connectivity index (χ0v) is 13.2. The van der Waals surface area contributed by atoms with E-state index in [0.717, 1.165) is 25.8 Å². The van der Waals surface area contributed by atoms with Gasteiger partial charge in [-0.2, -0.15) is 0 Å². The van der Waals surface area contributed by atoms with E-state index < -0.39 is 0 Å². The Labute approximate surface area is 118 Å². The first-order valence-electron chi connectivity index (χ1n) is 7.53. The van der Waals surface area contributed by atoms with Crippen LogP contribution in [0.2, 0.25) is 0 Å². The predicted molar refractivity (Wildman–Crippen MR) is 79.9 cm³/mol. The Hall–Kier alpha value is -0.610. The molecule has 3 unspecified atom stereocenters. The Bertz CT molecular complexity index is 293. The monoisotopic (exact) mass is 269 g/mol. The lowest BCUT2D eigenvalue weighted by Gasteiger charge is -2.40. The molecule has 1 heterocycles. The predicted octanol–water partition coefficient (Wildman–Crippen LogP) is 1.55. The largest absolute Gasteiger partial charge is 0.342 e. The van der Waals surface area contributed by atoms with E-state index in [0.29, 0.717) is 24.5 Å². The van der Waals surface area contributed by atoms with Crippen LogP contribution in [0.25, 0.3) is 0 Å². The van der Waals surface area contributed by atoms with Crippen molar-refractivity contribution in [2.75, 3.05) is 27.2 Å². The van der Waals surface area contributed by atoms with Gasteiger partial charge in [-0.1, -0.05) is 13.8 Å². The number of amides is 1. The molecule has 2 N–H and O–H groups in total. The minimum atomic E-state index is -0.0139. The zero-order valence-electron chi connectivity index (χ0n) is 13.2. The molecule has 1 aliphatic heterocycles. The highest BCUT2D eigenvalue weighted by molar-refractivity contribution is 5.79. The average molecular weight is 269 g/mol. The van der Waals surface area contributed by atoms with Gasteiger partial charge in [-0.3, -0.25) is 4.79 Å². The molecule has 0 bridgehead atoms. The first-order valence-corrected chi connectivity index (χ1v) is 7.53. The third-order valence-corrected chi connectivity index (χ3v) is 4.47. The van der Waals surface area contributed by atoms with Crippen LogP contribution >= 0.6 is 0 Å². The van der Waals surface area contributed by atoms with Crippen LogP contribution in [0.15, 0.2) is 0 Å². The molecule has 1 fully saturated rings. The van der Waals surface area contributed by atoms with E-state index in [-0.39, 0.29) is 11.8 Å². The molecule has 112 valence electrons. The first kappa shape index (κ1) is 16.4. The van der Waals surface area contributed by atoms with E-state index in [4.69, 9.17) is 5.73 Å². The van der Waals surface area contributed by atoms with Gasteiger partial charge in [-0.25, -0.2) is 0 Å². The van der Waals surface area contributed by atoms with Crippen molar-refractivity contribution in [3.8, 4) is 0 Å². The molecule has 3 atom stereocenters. The van der Waals surface area contributed by atoms with Crippen LogP contribution in [-0.2, 0) is 4.79 Å². The fraction of sp³-hybridized carbons (Fsp3) is 0.933. The van der Waals surface area contributed by atoms with Gasteiger partial charge in [0.15, 0.2) is 0 Å². The lowest BCUT2D eigenvalue weighted by atomic mass is 9.93. The van der Waals surface area contributed by atoms with E-state index in [2.05, 4.69) is 32.7 Å². The lowest BCUT2D eigenvalue weighted by molar-refractivity contribution is -0.137. The van der Waals surface area contributed by atoms with Gasteiger partial charge in [0.05, 0.1) is 5.92 Å². The molecule has 1 saturated heterocycles. The minimum Gasteiger partial charge on any atom is -0.342 e. The number of hydrogen-bond donors (Lipinski definition) is 1. The lowest BCUT2D eigenvalue weighted by Crippen LogP contribution is -2.50. The van der Waals surface area contributed by atoms with Gasteiger partial charge >= 0.3 is 0 Å². The topological polar surface area (TPSA) is 49.6 Å². The van der Waals surface area contributed by atoms with Gasteiger partial charge in [-0.05, 0) is 39.2 Å². The highest BCUT2D eigenvalue weighted by atomic mass is 16.2. The molecular formula is C15H31N3O. The van der Waals surface area contributed by atoms with Crippen molar-refractivity contribution in [2.45, 2.75) is 52.1 Å². The van der Waals surface area contributed by atoms with Gasteiger partial charge < -0.3 is 15.5 Å². The highest BCUT2D eigenvalue weighted by Crippen LogP contribution is 2.22. The second kappa shape index (κ2) is 7.25. The number of carbonyl (C=O) groups excluding carboxylic acids is 1. The van der Waals surface area contributed by atoms with Crippen molar-refractivity contribution in [1.29, 1.82) is 0 Å². The number of piperidine rings is 1. The maximum atomic E-state index is 12.5. The Morgan fingerprint density at radius 2 is 2.11 bits per heavy atom. The van der Waals surface area contributed by atoms with Crippen molar-refractivity contribution in [1.82, 2.24) is 9.80 Å². The van der Waals surface area contributed by atoms with Crippen LogP contribution < -0.4 is 5.73 Å². The minimum absolute atomic E-state index is 0.0139. The summed E-state index contributed by atoms with van der Waals surface area (Å²) in [5.74, 6) is 0.736. The number of hydrogen-bond acceptors (Lipinski definition) is 3. The van der Waals surface area contributed by atoms with Crippen LogP contribution in [0.4, 0.5) is 0 Å². The molecule has 1 amide bonds. The fourth-order valence-corrected chi connectivity index (χ4v) is 2.95. The number of rotatable bonds is 5. The Morgan fingerprint density at radius 1 is 1.47 bits per heavy atom. The van der Waals surface area contributed by atoms with Crippen LogP contribution in [0.3, 0.4) is 0 Å². The van der Waals surface area contributed by atoms with E-state index in [9.17, 15) is 4.79 Å². The highest BCUT2D eigenvalue weighted by Gasteiger charge is 2.30. The zero-order chi connectivity index (χ0) is 14.6. The van der Waals surface area contributed by atoms with Gasteiger partial charge in [0, 0.05) is 32.2 Å². The SMILES string of the molecule is CC(C)CC(CN)C(=O)N(C)C1CCN(C)C(C)C1. The fourth-order valence-electron chi connectivity index (χ4n) is 2.95. The van der Waals surface area contributed by atoms with Gasteiger partial charge in [0.2, 0.25) is 5.91 Å². The van der Waals surface area contributed by atoms with Crippen molar-refractivity contribution in [3.05, 3.63) is 0 Å². The molecule has 0 radical (unpaired) electrons. The van der Waals surface area contributed by atoms with Crippen molar-refractivity contribution in [2.24, 2.45) is 17.6 Å². The molecule has 0 spiro atoms. The second-order valence-electron chi connectivity index (χ2n) is 6.52. The summed E-state index contributed by atoms with van der Waals surface area (Å²) in [7, 11) is 4.11. The molecular weight excluding hydrogens is 238 g/mol. The van der Waals surface area contributed by atoms with Crippen LogP contribution in [0.5, 0.6) is 0 Å². The molecule has 19 heavy (non-hydrogen) atoms. The number of nitrogens with two attached hydrogens (primary N) is 1. The normalized spacial score (nSPS) is 26.5. The molecule has 0 saturated carbocycles. The molecule has 0 aromatic heterocycles. The van der Waals surface area contributed by atoms with Gasteiger partial charge in [-0.15, -0.1) is 0 Å². The first-order chi connectivity index (χ1) is 8.86. The van der Waals surface area contributed by atoms with Crippen LogP contribution in [0, 0.1) is 11.8 Å². The van der Waals surface area contributed by atoms with Gasteiger partial charge in [0.25, 0.3) is 0 Å². The van der Waals surface area contributed by atoms with Crippen molar-refractivity contribution < 1.29 is 4.79 Å². The van der Waals surface area contributed by atoms with Gasteiger partial charge in [0.1, 0.15) is 0 Å². The van der Waals surface area contributed by atoms with Crippen molar-refractivity contribution in [3.63, 3.8) is 0 Å². The van der Waals surface area contributed by atoms with Crippen LogP contribution in [0.1, 0.15) is 40.0 Å². The van der Waals surface area contributed by atoms with E-state index in [1.54, 1.807) is 0 Å². The van der Waals surface area contributed by atoms with Crippen molar-refractivity contribution >= 4 is 5.91 Å². The van der Waals surface area contributed by atoms with E-state index in [1.165, 1.54) is 0 Å². The maximum Gasteiger partial charge on any atom is 0.226 e. The molecule has 0 aliphatic carbocycles. The smallest absolute Gasteiger partial charge is 0.226 e. The number of carbonyl (C=O) groups is 1. The summed E-state index contributed by atoms with van der Waals surface area (Å²) in [6.45, 7) is 8.06. The molecule has 4 nitrogen and oxygen atoms in total. The van der Waals surface area contributed by atoms with E-state index in [1.807, 2.05) is 11.9 Å². The second-order valence-corrected chi connectivity index (χ2v) is 6.52. The maximum absolute atomic E-state index is 12.5. The summed E-state index contributed by atoms with van der Waals surface area (Å²) >= 11 is 0. The Kier molecular flexibility index (Phi) is 6.27. The quantitative estimate of drug-likeness (QED) is 0.824. The Balaban J connectivity index is 2.60. The summed E-state index contributed by atoms with van der Waals surface area (Å²) in [6, 6.07) is 0.926. The molecule has 0 aromatic rings. The summed E-state index contributed by atoms with van der Waals surface area (Å²) in [5.41, 5.74) is 5.78. The summed E-state index contributed by atoms with van der Waals surface area (Å²) in [4.78, 5) is 16.9. The molecule has 1 aliphatic rings. The molecule has 0 aromatic carbocycles. The number of nitrogens with zero attached hydrogens (tertiary/aromatic N) is 2. The summed E-state index contributed by atoms with van der Waals surface area (Å²) in [5, 5.41) is 0. The Morgan fingerprint density at radius 3 is 2.58 bits per heavy atom. The summed E-state index contributed by atoms with van der Waals surface area (Å²) in [6.07, 6.45) is 3.03. The number of likely N-dealkylation sites (tertiary alicyclic amines) is 1. The third-order valence-electron chi connectivity index (χ3n) is 4.47. The third kappa shape index (κ3) is 4.46.